The van der Waals surface area contributed by atoms with Crippen molar-refractivity contribution in [1.82, 2.24) is 15.0 Å². The average Bonchev–Trinajstić information content (AvgIpc) is 2.82. The average molecular weight is 428 g/mol. The molecule has 0 atom stereocenters. The van der Waals surface area contributed by atoms with Crippen LogP contribution in [0.1, 0.15) is 5.56 Å². The molecule has 5 rings (SSSR count). The van der Waals surface area contributed by atoms with Gasteiger partial charge in [-0.1, -0.05) is 17.7 Å². The first-order chi connectivity index (χ1) is 15.7. The monoisotopic (exact) mass is 428 g/mol. The number of hydrogen-bond donors (Lipinski definition) is 3. The van der Waals surface area contributed by atoms with Crippen molar-refractivity contribution in [3.63, 3.8) is 0 Å². The number of pyridine rings is 1. The second kappa shape index (κ2) is 8.68. The molecule has 1 aliphatic heterocycles. The van der Waals surface area contributed by atoms with Crippen molar-refractivity contribution < 1.29 is 4.74 Å². The molecule has 0 saturated carbocycles. The number of nitrogens with one attached hydrogen (secondary N) is 3. The van der Waals surface area contributed by atoms with Gasteiger partial charge in [0, 0.05) is 36.2 Å². The summed E-state index contributed by atoms with van der Waals surface area (Å²) in [4.78, 5) is 26.5. The molecule has 8 nitrogen and oxygen atoms in total. The molecule has 3 N–H and O–H groups in total. The van der Waals surface area contributed by atoms with E-state index in [1.165, 1.54) is 11.9 Å². The Morgan fingerprint density at radius 3 is 2.41 bits per heavy atom. The topological polar surface area (TPSA) is 95.2 Å². The van der Waals surface area contributed by atoms with Crippen LogP contribution in [0.3, 0.4) is 0 Å². The molecule has 0 amide bonds. The second-order valence-electron chi connectivity index (χ2n) is 7.74. The number of morpholine rings is 1. The third kappa shape index (κ3) is 4.26. The van der Waals surface area contributed by atoms with E-state index in [2.05, 4.69) is 42.6 Å². The molecule has 0 aliphatic carbocycles. The van der Waals surface area contributed by atoms with Gasteiger partial charge in [-0.15, -0.1) is 0 Å². The highest BCUT2D eigenvalue weighted by atomic mass is 16.5. The lowest BCUT2D eigenvalue weighted by Gasteiger charge is -2.28. The van der Waals surface area contributed by atoms with E-state index in [1.54, 1.807) is 6.07 Å². The fraction of sp³-hybridized carbons (Fsp3) is 0.208. The maximum atomic E-state index is 12.5. The number of H-pyrrole nitrogens is 1. The highest BCUT2D eigenvalue weighted by Crippen LogP contribution is 2.27. The van der Waals surface area contributed by atoms with Gasteiger partial charge in [-0.2, -0.15) is 0 Å². The largest absolute Gasteiger partial charge is 0.378 e. The molecule has 1 fully saturated rings. The Morgan fingerprint density at radius 2 is 1.66 bits per heavy atom. The predicted octanol–water partition coefficient (Wildman–Crippen LogP) is 3.95. The maximum absolute atomic E-state index is 12.5. The van der Waals surface area contributed by atoms with Crippen LogP contribution in [0.15, 0.2) is 65.7 Å². The van der Waals surface area contributed by atoms with Gasteiger partial charge >= 0.3 is 0 Å². The van der Waals surface area contributed by atoms with E-state index in [0.717, 1.165) is 43.4 Å². The van der Waals surface area contributed by atoms with Gasteiger partial charge in [-0.25, -0.2) is 9.97 Å². The van der Waals surface area contributed by atoms with E-state index in [0.29, 0.717) is 22.5 Å². The quantitative estimate of drug-likeness (QED) is 0.443. The summed E-state index contributed by atoms with van der Waals surface area (Å²) < 4.78 is 5.43. The van der Waals surface area contributed by atoms with Crippen molar-refractivity contribution in [3.8, 4) is 0 Å². The molecule has 1 aliphatic rings. The fourth-order valence-corrected chi connectivity index (χ4v) is 3.74. The zero-order valence-electron chi connectivity index (χ0n) is 17.8. The molecule has 1 saturated heterocycles. The number of aromatic nitrogens is 3. The minimum Gasteiger partial charge on any atom is -0.378 e. The lowest BCUT2D eigenvalue weighted by Crippen LogP contribution is -2.36. The summed E-state index contributed by atoms with van der Waals surface area (Å²) in [5.74, 6) is 1.05. The third-order valence-electron chi connectivity index (χ3n) is 5.46. The summed E-state index contributed by atoms with van der Waals surface area (Å²) in [6, 6.07) is 17.9. The first-order valence-electron chi connectivity index (χ1n) is 10.6. The minimum absolute atomic E-state index is 0.239. The van der Waals surface area contributed by atoms with Crippen LogP contribution >= 0.6 is 0 Å². The SMILES string of the molecule is Cc1ccc(Nc2cc3nc[nH]c(=O)c3c(Nc3ccc(N4CCOCC4)cc3)n2)cc1. The van der Waals surface area contributed by atoms with Crippen molar-refractivity contribution in [2.24, 2.45) is 0 Å². The van der Waals surface area contributed by atoms with Crippen LogP contribution in [0.2, 0.25) is 0 Å². The number of aryl methyl sites for hydroxylation is 1. The summed E-state index contributed by atoms with van der Waals surface area (Å²) >= 11 is 0. The van der Waals surface area contributed by atoms with Crippen molar-refractivity contribution in [2.45, 2.75) is 6.92 Å². The van der Waals surface area contributed by atoms with Gasteiger partial charge in [0.15, 0.2) is 0 Å². The number of benzene rings is 2. The standard InChI is InChI=1S/C24H24N6O2/c1-16-2-4-17(5-3-16)27-21-14-20-22(24(31)26-15-25-20)23(29-21)28-18-6-8-19(9-7-18)30-10-12-32-13-11-30/h2-9,14-15H,10-13H2,1H3,(H,25,26,31)(H2,27,28,29). The van der Waals surface area contributed by atoms with E-state index in [-0.39, 0.29) is 5.56 Å². The molecule has 8 heteroatoms. The molecular formula is C24H24N6O2. The van der Waals surface area contributed by atoms with Crippen LogP contribution in [0, 0.1) is 6.92 Å². The first kappa shape index (κ1) is 20.0. The maximum Gasteiger partial charge on any atom is 0.262 e. The Bertz CT molecular complexity index is 1280. The number of hydrogen-bond acceptors (Lipinski definition) is 7. The van der Waals surface area contributed by atoms with Crippen LogP contribution < -0.4 is 21.1 Å². The first-order valence-corrected chi connectivity index (χ1v) is 10.6. The van der Waals surface area contributed by atoms with E-state index in [9.17, 15) is 4.79 Å². The summed E-state index contributed by atoms with van der Waals surface area (Å²) in [6.07, 6.45) is 1.40. The molecule has 3 heterocycles. The summed E-state index contributed by atoms with van der Waals surface area (Å²) in [7, 11) is 0. The highest BCUT2D eigenvalue weighted by Gasteiger charge is 2.13. The van der Waals surface area contributed by atoms with Gasteiger partial charge in [0.05, 0.1) is 25.1 Å². The zero-order valence-corrected chi connectivity index (χ0v) is 17.8. The second-order valence-corrected chi connectivity index (χ2v) is 7.74. The Kier molecular flexibility index (Phi) is 5.43. The van der Waals surface area contributed by atoms with Crippen LogP contribution in [0.25, 0.3) is 10.9 Å². The molecule has 0 spiro atoms. The van der Waals surface area contributed by atoms with Gasteiger partial charge in [0.2, 0.25) is 0 Å². The summed E-state index contributed by atoms with van der Waals surface area (Å²) in [6.45, 7) is 5.29. The van der Waals surface area contributed by atoms with E-state index in [4.69, 9.17) is 4.74 Å². The van der Waals surface area contributed by atoms with Crippen molar-refractivity contribution in [3.05, 3.63) is 76.8 Å². The number of rotatable bonds is 5. The number of aromatic amines is 1. The summed E-state index contributed by atoms with van der Waals surface area (Å²) in [5.41, 5.74) is 4.39. The zero-order chi connectivity index (χ0) is 21.9. The van der Waals surface area contributed by atoms with E-state index < -0.39 is 0 Å². The Balaban J connectivity index is 1.46. The van der Waals surface area contributed by atoms with Gasteiger partial charge in [-0.3, -0.25) is 4.79 Å². The van der Waals surface area contributed by atoms with Crippen LogP contribution in [-0.4, -0.2) is 41.3 Å². The van der Waals surface area contributed by atoms with Gasteiger partial charge in [0.1, 0.15) is 17.0 Å². The summed E-state index contributed by atoms with van der Waals surface area (Å²) in [5, 5.41) is 7.01. The molecule has 162 valence electrons. The molecule has 0 bridgehead atoms. The van der Waals surface area contributed by atoms with Crippen LogP contribution in [-0.2, 0) is 4.74 Å². The minimum atomic E-state index is -0.239. The molecule has 32 heavy (non-hydrogen) atoms. The van der Waals surface area contributed by atoms with Gasteiger partial charge in [-0.05, 0) is 43.3 Å². The third-order valence-corrected chi connectivity index (χ3v) is 5.46. The van der Waals surface area contributed by atoms with Crippen LogP contribution in [0.5, 0.6) is 0 Å². The molecule has 0 unspecified atom stereocenters. The molecular weight excluding hydrogens is 404 g/mol. The molecule has 0 radical (unpaired) electrons. The number of fused-ring (bicyclic) bond motifs is 1. The van der Waals surface area contributed by atoms with E-state index >= 15 is 0 Å². The Labute approximate surface area is 185 Å². The highest BCUT2D eigenvalue weighted by molar-refractivity contribution is 5.92. The normalized spacial score (nSPS) is 13.8. The number of anilines is 5. The lowest BCUT2D eigenvalue weighted by atomic mass is 10.2. The van der Waals surface area contributed by atoms with Gasteiger partial charge in [0.25, 0.3) is 5.56 Å². The fourth-order valence-electron chi connectivity index (χ4n) is 3.74. The van der Waals surface area contributed by atoms with Crippen LogP contribution in [0.4, 0.5) is 28.7 Å². The molecule has 2 aromatic heterocycles. The number of nitrogens with zero attached hydrogens (tertiary/aromatic N) is 3. The molecule has 2 aromatic carbocycles. The molecule has 4 aromatic rings. The van der Waals surface area contributed by atoms with E-state index in [1.807, 2.05) is 43.3 Å². The van der Waals surface area contributed by atoms with Crippen molar-refractivity contribution in [2.75, 3.05) is 41.8 Å². The number of ether oxygens (including phenoxy) is 1. The Morgan fingerprint density at radius 1 is 0.969 bits per heavy atom. The van der Waals surface area contributed by atoms with Crippen molar-refractivity contribution in [1.29, 1.82) is 0 Å². The Hall–Kier alpha value is -3.91. The lowest BCUT2D eigenvalue weighted by molar-refractivity contribution is 0.122. The van der Waals surface area contributed by atoms with Gasteiger partial charge < -0.3 is 25.3 Å². The predicted molar refractivity (Wildman–Crippen MR) is 127 cm³/mol. The van der Waals surface area contributed by atoms with Crippen molar-refractivity contribution >= 4 is 39.6 Å². The smallest absolute Gasteiger partial charge is 0.262 e.